The molecule has 3 aromatic rings. The molecule has 1 atom stereocenters. The van der Waals surface area contributed by atoms with Crippen molar-refractivity contribution < 1.29 is 40.1 Å². The molecule has 4 heterocycles. The van der Waals surface area contributed by atoms with Gasteiger partial charge in [-0.3, -0.25) is 0 Å². The number of fused-ring (bicyclic) bond motifs is 1. The van der Waals surface area contributed by atoms with E-state index in [-0.39, 0.29) is 22.6 Å². The Bertz CT molecular complexity index is 1310. The maximum Gasteiger partial charge on any atom is 0.534 e. The number of halogens is 4. The first-order valence-electron chi connectivity index (χ1n) is 8.98. The third-order valence-corrected chi connectivity index (χ3v) is 5.75. The lowest BCUT2D eigenvalue weighted by Crippen LogP contribution is -2.30. The normalized spacial score (nSPS) is 17.1. The Morgan fingerprint density at radius 1 is 1.28 bits per heavy atom. The van der Waals surface area contributed by atoms with Gasteiger partial charge in [0.2, 0.25) is 5.88 Å². The summed E-state index contributed by atoms with van der Waals surface area (Å²) in [5.41, 5.74) is -6.06. The van der Waals surface area contributed by atoms with Crippen molar-refractivity contribution in [3.8, 4) is 5.88 Å². The van der Waals surface area contributed by atoms with Crippen LogP contribution in [-0.4, -0.2) is 51.1 Å². The van der Waals surface area contributed by atoms with E-state index in [1.54, 1.807) is 4.90 Å². The summed E-state index contributed by atoms with van der Waals surface area (Å²) in [6.45, 7) is 0.326. The van der Waals surface area contributed by atoms with Gasteiger partial charge in [-0.05, 0) is 25.0 Å². The van der Waals surface area contributed by atoms with Gasteiger partial charge >= 0.3 is 21.6 Å². The fraction of sp³-hybridized carbons (Fsp3) is 0.294. The Labute approximate surface area is 177 Å². The molecule has 32 heavy (non-hydrogen) atoms. The van der Waals surface area contributed by atoms with Crippen molar-refractivity contribution in [2.75, 3.05) is 11.4 Å². The highest BCUT2D eigenvalue weighted by Gasteiger charge is 2.49. The van der Waals surface area contributed by atoms with Crippen molar-refractivity contribution in [3.05, 3.63) is 47.7 Å². The van der Waals surface area contributed by atoms with Crippen molar-refractivity contribution in [2.45, 2.75) is 24.4 Å². The molecule has 0 aromatic carbocycles. The standard InChI is InChI=1S/C17H13F4N5O5S/c18-9-6-10(15(22-7-9)31-32(29,30)17(19,20)21)12-2-1-4-25(12)13-3-5-26-14(24-13)11(8-23-26)16(27)28/h3,5-8,12H,1-2,4H2,(H,27,28). The summed E-state index contributed by atoms with van der Waals surface area (Å²) in [4.78, 5) is 20.6. The van der Waals surface area contributed by atoms with Gasteiger partial charge in [-0.2, -0.15) is 26.7 Å². The van der Waals surface area contributed by atoms with Gasteiger partial charge in [-0.1, -0.05) is 0 Å². The predicted octanol–water partition coefficient (Wildman–Crippen LogP) is 2.53. The summed E-state index contributed by atoms with van der Waals surface area (Å²) in [5.74, 6) is -2.84. The third-order valence-electron chi connectivity index (χ3n) is 4.81. The van der Waals surface area contributed by atoms with Crippen LogP contribution in [0.25, 0.3) is 5.65 Å². The summed E-state index contributed by atoms with van der Waals surface area (Å²) in [6.07, 6.45) is 3.89. The fourth-order valence-electron chi connectivity index (χ4n) is 3.44. The van der Waals surface area contributed by atoms with E-state index >= 15 is 0 Å². The quantitative estimate of drug-likeness (QED) is 0.336. The van der Waals surface area contributed by atoms with Crippen LogP contribution in [0.15, 0.2) is 30.7 Å². The van der Waals surface area contributed by atoms with Gasteiger partial charge in [-0.15, -0.1) is 0 Å². The number of alkyl halides is 3. The van der Waals surface area contributed by atoms with Crippen LogP contribution < -0.4 is 9.08 Å². The molecule has 1 aliphatic heterocycles. The molecule has 1 saturated heterocycles. The number of rotatable bonds is 5. The number of aromatic carboxylic acids is 1. The third kappa shape index (κ3) is 3.79. The Kier molecular flexibility index (Phi) is 5.15. The lowest BCUT2D eigenvalue weighted by atomic mass is 10.1. The largest absolute Gasteiger partial charge is 0.534 e. The summed E-state index contributed by atoms with van der Waals surface area (Å²) >= 11 is 0. The Morgan fingerprint density at radius 3 is 2.72 bits per heavy atom. The Morgan fingerprint density at radius 2 is 2.03 bits per heavy atom. The van der Waals surface area contributed by atoms with Gasteiger partial charge in [0.25, 0.3) is 0 Å². The molecule has 10 nitrogen and oxygen atoms in total. The molecule has 1 aliphatic rings. The molecule has 0 bridgehead atoms. The highest BCUT2D eigenvalue weighted by molar-refractivity contribution is 7.87. The summed E-state index contributed by atoms with van der Waals surface area (Å²) in [7, 11) is -6.03. The number of carboxylic acid groups (broad SMARTS) is 1. The van der Waals surface area contributed by atoms with Crippen molar-refractivity contribution in [1.82, 2.24) is 19.6 Å². The maximum atomic E-state index is 13.9. The first kappa shape index (κ1) is 21.7. The number of pyridine rings is 1. The van der Waals surface area contributed by atoms with Crippen molar-refractivity contribution in [1.29, 1.82) is 0 Å². The molecular weight excluding hydrogens is 462 g/mol. The highest BCUT2D eigenvalue weighted by Crippen LogP contribution is 2.40. The van der Waals surface area contributed by atoms with E-state index in [2.05, 4.69) is 19.2 Å². The Hall–Kier alpha value is -3.49. The van der Waals surface area contributed by atoms with E-state index < -0.39 is 39.3 Å². The number of carboxylic acids is 1. The number of hydrogen-bond donors (Lipinski definition) is 1. The van der Waals surface area contributed by atoms with Crippen LogP contribution in [-0.2, 0) is 10.1 Å². The van der Waals surface area contributed by atoms with E-state index in [9.17, 15) is 35.9 Å². The second kappa shape index (κ2) is 7.58. The average Bonchev–Trinajstić information content (AvgIpc) is 3.34. The van der Waals surface area contributed by atoms with Gasteiger partial charge in [0, 0.05) is 18.3 Å². The zero-order chi connectivity index (χ0) is 23.3. The lowest BCUT2D eigenvalue weighted by molar-refractivity contribution is -0.0501. The average molecular weight is 475 g/mol. The SMILES string of the molecule is O=C(O)c1cnn2ccc(N3CCCC3c3cc(F)cnc3OS(=O)(=O)C(F)(F)F)nc12. The topological polar surface area (TPSA) is 127 Å². The molecule has 3 aromatic heterocycles. The summed E-state index contributed by atoms with van der Waals surface area (Å²) in [6, 6.07) is 1.50. The molecule has 170 valence electrons. The van der Waals surface area contributed by atoms with Crippen molar-refractivity contribution >= 4 is 27.6 Å². The molecule has 0 amide bonds. The molecule has 1 fully saturated rings. The van der Waals surface area contributed by atoms with Crippen LogP contribution in [0.2, 0.25) is 0 Å². The molecule has 0 saturated carbocycles. The van der Waals surface area contributed by atoms with Gasteiger partial charge < -0.3 is 14.2 Å². The van der Waals surface area contributed by atoms with E-state index in [4.69, 9.17) is 0 Å². The fourth-order valence-corrected chi connectivity index (χ4v) is 3.88. The van der Waals surface area contributed by atoms with Gasteiger partial charge in [0.15, 0.2) is 5.65 Å². The zero-order valence-corrected chi connectivity index (χ0v) is 16.6. The Balaban J connectivity index is 1.76. The molecular formula is C17H13F4N5O5S. The summed E-state index contributed by atoms with van der Waals surface area (Å²) in [5, 5.41) is 13.2. The second-order valence-corrected chi connectivity index (χ2v) is 8.34. The second-order valence-electron chi connectivity index (χ2n) is 6.80. The van der Waals surface area contributed by atoms with E-state index in [1.165, 1.54) is 16.8 Å². The van der Waals surface area contributed by atoms with Gasteiger partial charge in [0.05, 0.1) is 18.4 Å². The van der Waals surface area contributed by atoms with Gasteiger partial charge in [-0.25, -0.2) is 23.7 Å². The van der Waals surface area contributed by atoms with Crippen LogP contribution >= 0.6 is 0 Å². The number of hydrogen-bond acceptors (Lipinski definition) is 8. The molecule has 15 heteroatoms. The van der Waals surface area contributed by atoms with Crippen LogP contribution in [0.5, 0.6) is 5.88 Å². The molecule has 4 rings (SSSR count). The molecule has 0 radical (unpaired) electrons. The molecule has 1 N–H and O–H groups in total. The zero-order valence-electron chi connectivity index (χ0n) is 15.8. The number of aromatic nitrogens is 4. The first-order chi connectivity index (χ1) is 15.0. The minimum Gasteiger partial charge on any atom is -0.477 e. The number of nitrogens with zero attached hydrogens (tertiary/aromatic N) is 5. The van der Waals surface area contributed by atoms with E-state index in [1.807, 2.05) is 0 Å². The predicted molar refractivity (Wildman–Crippen MR) is 99.1 cm³/mol. The van der Waals surface area contributed by atoms with Crippen molar-refractivity contribution in [2.24, 2.45) is 0 Å². The molecule has 1 unspecified atom stereocenters. The summed E-state index contributed by atoms with van der Waals surface area (Å²) < 4.78 is 80.6. The minimum absolute atomic E-state index is 0.0224. The molecule has 0 spiro atoms. The first-order valence-corrected chi connectivity index (χ1v) is 10.4. The lowest BCUT2D eigenvalue weighted by Gasteiger charge is -2.27. The van der Waals surface area contributed by atoms with E-state index in [0.29, 0.717) is 25.6 Å². The van der Waals surface area contributed by atoms with Gasteiger partial charge in [0.1, 0.15) is 17.2 Å². The maximum absolute atomic E-state index is 13.9. The minimum atomic E-state index is -6.03. The number of anilines is 1. The van der Waals surface area contributed by atoms with Crippen LogP contribution in [0.3, 0.4) is 0 Å². The molecule has 0 aliphatic carbocycles. The monoisotopic (exact) mass is 475 g/mol. The van der Waals surface area contributed by atoms with Crippen LogP contribution in [0.1, 0.15) is 34.8 Å². The van der Waals surface area contributed by atoms with Crippen LogP contribution in [0, 0.1) is 5.82 Å². The highest BCUT2D eigenvalue weighted by atomic mass is 32.2. The van der Waals surface area contributed by atoms with E-state index in [0.717, 1.165) is 12.3 Å². The van der Waals surface area contributed by atoms with Crippen molar-refractivity contribution in [3.63, 3.8) is 0 Å². The number of carbonyl (C=O) groups is 1. The smallest absolute Gasteiger partial charge is 0.477 e. The van der Waals surface area contributed by atoms with Crippen LogP contribution in [0.4, 0.5) is 23.4 Å².